The first-order valence-electron chi connectivity index (χ1n) is 5.07. The lowest BCUT2D eigenvalue weighted by molar-refractivity contribution is -0.00882. The van der Waals surface area contributed by atoms with Crippen LogP contribution in [0.25, 0.3) is 0 Å². The summed E-state index contributed by atoms with van der Waals surface area (Å²) in [4.78, 5) is 13.5. The van der Waals surface area contributed by atoms with E-state index in [-0.39, 0.29) is 18.2 Å². The molecular weight excluding hydrogens is 182 g/mol. The van der Waals surface area contributed by atoms with Crippen LogP contribution in [0, 0.1) is 0 Å². The van der Waals surface area contributed by atoms with Crippen LogP contribution in [0.5, 0.6) is 0 Å². The Kier molecular flexibility index (Phi) is 2.18. The highest BCUT2D eigenvalue weighted by atomic mass is 16.6. The Morgan fingerprint density at radius 3 is 2.64 bits per heavy atom. The zero-order valence-electron chi connectivity index (χ0n) is 8.95. The summed E-state index contributed by atoms with van der Waals surface area (Å²) < 4.78 is 10.7. The van der Waals surface area contributed by atoms with E-state index in [9.17, 15) is 4.79 Å². The molecule has 80 valence electrons. The fraction of sp³-hybridized carbons (Fsp3) is 0.900. The SMILES string of the molecule is CC(C)(C)OC(=O)N1CC2CC1CO2. The Morgan fingerprint density at radius 2 is 2.21 bits per heavy atom. The normalized spacial score (nSPS) is 30.9. The minimum absolute atomic E-state index is 0.201. The monoisotopic (exact) mass is 199 g/mol. The molecule has 0 N–H and O–H groups in total. The van der Waals surface area contributed by atoms with Crippen molar-refractivity contribution in [1.82, 2.24) is 4.90 Å². The molecule has 2 heterocycles. The summed E-state index contributed by atoms with van der Waals surface area (Å²) in [6, 6.07) is 0.245. The first-order valence-corrected chi connectivity index (χ1v) is 5.07. The van der Waals surface area contributed by atoms with Crippen LogP contribution in [0.4, 0.5) is 4.79 Å². The number of nitrogens with zero attached hydrogens (tertiary/aromatic N) is 1. The Bertz CT molecular complexity index is 246. The fourth-order valence-electron chi connectivity index (χ4n) is 1.94. The molecule has 2 rings (SSSR count). The van der Waals surface area contributed by atoms with Crippen LogP contribution in [0.15, 0.2) is 0 Å². The van der Waals surface area contributed by atoms with Gasteiger partial charge in [-0.15, -0.1) is 0 Å². The molecule has 2 aliphatic rings. The van der Waals surface area contributed by atoms with E-state index in [1.807, 2.05) is 20.8 Å². The molecule has 4 nitrogen and oxygen atoms in total. The van der Waals surface area contributed by atoms with Crippen molar-refractivity contribution in [3.8, 4) is 0 Å². The van der Waals surface area contributed by atoms with Crippen LogP contribution >= 0.6 is 0 Å². The minimum atomic E-state index is -0.403. The van der Waals surface area contributed by atoms with Gasteiger partial charge in [-0.1, -0.05) is 0 Å². The zero-order valence-corrected chi connectivity index (χ0v) is 8.95. The van der Waals surface area contributed by atoms with E-state index in [2.05, 4.69) is 0 Å². The number of carbonyl (C=O) groups excluding carboxylic acids is 1. The second kappa shape index (κ2) is 3.12. The predicted molar refractivity (Wildman–Crippen MR) is 51.1 cm³/mol. The van der Waals surface area contributed by atoms with Crippen LogP contribution in [-0.4, -0.2) is 41.9 Å². The standard InChI is InChI=1S/C10H17NO3/c1-10(2,3)14-9(12)11-5-8-4-7(11)6-13-8/h7-8H,4-6H2,1-3H3. The Morgan fingerprint density at radius 1 is 1.50 bits per heavy atom. The first-order chi connectivity index (χ1) is 6.46. The van der Waals surface area contributed by atoms with Crippen molar-refractivity contribution in [3.63, 3.8) is 0 Å². The summed E-state index contributed by atoms with van der Waals surface area (Å²) in [5, 5.41) is 0. The number of ether oxygens (including phenoxy) is 2. The number of morpholine rings is 1. The third-order valence-electron chi connectivity index (χ3n) is 2.53. The van der Waals surface area contributed by atoms with Crippen LogP contribution in [0.1, 0.15) is 27.2 Å². The third kappa shape index (κ3) is 1.85. The second-order valence-corrected chi connectivity index (χ2v) is 4.98. The predicted octanol–water partition coefficient (Wildman–Crippen LogP) is 1.39. The number of hydrogen-bond acceptors (Lipinski definition) is 3. The summed E-state index contributed by atoms with van der Waals surface area (Å²) in [6.45, 7) is 7.02. The molecule has 2 saturated heterocycles. The molecule has 0 aromatic rings. The molecule has 2 unspecified atom stereocenters. The van der Waals surface area contributed by atoms with E-state index >= 15 is 0 Å². The summed E-state index contributed by atoms with van der Waals surface area (Å²) in [5.41, 5.74) is -0.403. The quantitative estimate of drug-likeness (QED) is 0.592. The van der Waals surface area contributed by atoms with Gasteiger partial charge < -0.3 is 14.4 Å². The van der Waals surface area contributed by atoms with E-state index < -0.39 is 5.60 Å². The lowest BCUT2D eigenvalue weighted by Crippen LogP contribution is -2.44. The van der Waals surface area contributed by atoms with Gasteiger partial charge in [0.2, 0.25) is 0 Å². The number of fused-ring (bicyclic) bond motifs is 2. The smallest absolute Gasteiger partial charge is 0.410 e. The maximum atomic E-state index is 11.7. The molecule has 0 aromatic heterocycles. The molecule has 1 amide bonds. The van der Waals surface area contributed by atoms with E-state index in [1.54, 1.807) is 4.90 Å². The summed E-state index contributed by atoms with van der Waals surface area (Å²) >= 11 is 0. The van der Waals surface area contributed by atoms with Gasteiger partial charge in [0, 0.05) is 0 Å². The number of likely N-dealkylation sites (tertiary alicyclic amines) is 1. The van der Waals surface area contributed by atoms with Gasteiger partial charge in [-0.3, -0.25) is 0 Å². The van der Waals surface area contributed by atoms with Crippen LogP contribution in [0.3, 0.4) is 0 Å². The maximum Gasteiger partial charge on any atom is 0.410 e. The molecule has 4 heteroatoms. The van der Waals surface area contributed by atoms with Gasteiger partial charge in [-0.25, -0.2) is 4.79 Å². The van der Waals surface area contributed by atoms with Gasteiger partial charge in [0.25, 0.3) is 0 Å². The average molecular weight is 199 g/mol. The third-order valence-corrected chi connectivity index (χ3v) is 2.53. The molecule has 0 saturated carbocycles. The lowest BCUT2D eigenvalue weighted by Gasteiger charge is -2.29. The minimum Gasteiger partial charge on any atom is -0.444 e. The van der Waals surface area contributed by atoms with Crippen molar-refractivity contribution in [1.29, 1.82) is 0 Å². The van der Waals surface area contributed by atoms with Gasteiger partial charge in [-0.2, -0.15) is 0 Å². The summed E-state index contributed by atoms with van der Waals surface area (Å²) in [6.07, 6.45) is 1.01. The molecule has 0 aromatic carbocycles. The Balaban J connectivity index is 1.93. The van der Waals surface area contributed by atoms with Gasteiger partial charge >= 0.3 is 6.09 Å². The molecule has 2 bridgehead atoms. The number of carbonyl (C=O) groups is 1. The van der Waals surface area contributed by atoms with E-state index in [0.717, 1.165) is 6.42 Å². The number of rotatable bonds is 0. The Labute approximate surface area is 84.2 Å². The highest BCUT2D eigenvalue weighted by molar-refractivity contribution is 5.69. The highest BCUT2D eigenvalue weighted by Crippen LogP contribution is 2.28. The molecule has 14 heavy (non-hydrogen) atoms. The van der Waals surface area contributed by atoms with E-state index in [0.29, 0.717) is 13.2 Å². The molecule has 2 aliphatic heterocycles. The molecule has 2 atom stereocenters. The topological polar surface area (TPSA) is 38.8 Å². The van der Waals surface area contributed by atoms with E-state index in [4.69, 9.17) is 9.47 Å². The van der Waals surface area contributed by atoms with Gasteiger partial charge in [0.1, 0.15) is 5.60 Å². The molecule has 0 radical (unpaired) electrons. The lowest BCUT2D eigenvalue weighted by atomic mass is 10.2. The van der Waals surface area contributed by atoms with Crippen LogP contribution < -0.4 is 0 Å². The summed E-state index contributed by atoms with van der Waals surface area (Å²) in [7, 11) is 0. The maximum absolute atomic E-state index is 11.7. The average Bonchev–Trinajstić information content (AvgIpc) is 2.59. The highest BCUT2D eigenvalue weighted by Gasteiger charge is 2.42. The zero-order chi connectivity index (χ0) is 10.3. The molecule has 0 aliphatic carbocycles. The van der Waals surface area contributed by atoms with Crippen molar-refractivity contribution < 1.29 is 14.3 Å². The van der Waals surface area contributed by atoms with Gasteiger partial charge in [0.15, 0.2) is 0 Å². The van der Waals surface area contributed by atoms with Crippen molar-refractivity contribution in [2.45, 2.75) is 44.9 Å². The van der Waals surface area contributed by atoms with Crippen LogP contribution in [0.2, 0.25) is 0 Å². The van der Waals surface area contributed by atoms with E-state index in [1.165, 1.54) is 0 Å². The molecular formula is C10H17NO3. The summed E-state index contributed by atoms with van der Waals surface area (Å²) in [5.74, 6) is 0. The first kappa shape index (κ1) is 9.77. The van der Waals surface area contributed by atoms with Gasteiger partial charge in [-0.05, 0) is 27.2 Å². The molecule has 0 spiro atoms. The largest absolute Gasteiger partial charge is 0.444 e. The molecule has 2 fully saturated rings. The Hall–Kier alpha value is -0.770. The van der Waals surface area contributed by atoms with Crippen molar-refractivity contribution >= 4 is 6.09 Å². The van der Waals surface area contributed by atoms with Crippen LogP contribution in [-0.2, 0) is 9.47 Å². The second-order valence-electron chi connectivity index (χ2n) is 4.98. The van der Waals surface area contributed by atoms with Crippen molar-refractivity contribution in [3.05, 3.63) is 0 Å². The van der Waals surface area contributed by atoms with Crippen molar-refractivity contribution in [2.75, 3.05) is 13.2 Å². The number of hydrogen-bond donors (Lipinski definition) is 0. The van der Waals surface area contributed by atoms with Gasteiger partial charge in [0.05, 0.1) is 25.3 Å². The van der Waals surface area contributed by atoms with Crippen molar-refractivity contribution in [2.24, 2.45) is 0 Å². The number of amides is 1. The fourth-order valence-corrected chi connectivity index (χ4v) is 1.94.